The molecule has 1 fully saturated rings. The zero-order valence-corrected chi connectivity index (χ0v) is 8.33. The molecule has 1 aliphatic rings. The number of aliphatic hydroxyl groups excluding tert-OH is 1. The molecule has 0 aromatic rings. The van der Waals surface area contributed by atoms with Crippen LogP contribution in [0.5, 0.6) is 0 Å². The molecule has 1 aliphatic heterocycles. The smallest absolute Gasteiger partial charge is 0.228 e. The Morgan fingerprint density at radius 1 is 1.62 bits per heavy atom. The standard InChI is InChI=1S/C9H17NO3/c1-9(2,13-3)7-6(4-5-11)10-8(7)12/h6-7,11H,4-5H2,1-3H3,(H,10,12)/t6-,7+/m1/s1. The molecule has 2 atom stereocenters. The zero-order valence-electron chi connectivity index (χ0n) is 8.33. The maximum Gasteiger partial charge on any atom is 0.228 e. The molecule has 0 aliphatic carbocycles. The first-order valence-electron chi connectivity index (χ1n) is 4.49. The maximum absolute atomic E-state index is 11.2. The average molecular weight is 187 g/mol. The molecule has 0 aromatic heterocycles. The molecule has 1 saturated heterocycles. The van der Waals surface area contributed by atoms with Crippen molar-refractivity contribution >= 4 is 5.91 Å². The molecule has 1 heterocycles. The minimum atomic E-state index is -0.442. The molecule has 0 unspecified atom stereocenters. The number of methoxy groups -OCH3 is 1. The summed E-state index contributed by atoms with van der Waals surface area (Å²) in [5, 5.41) is 11.5. The highest BCUT2D eigenvalue weighted by Crippen LogP contribution is 2.31. The lowest BCUT2D eigenvalue weighted by Gasteiger charge is -2.45. The summed E-state index contributed by atoms with van der Waals surface area (Å²) in [4.78, 5) is 11.2. The van der Waals surface area contributed by atoms with E-state index in [1.54, 1.807) is 7.11 Å². The second-order valence-electron chi connectivity index (χ2n) is 3.91. The van der Waals surface area contributed by atoms with Gasteiger partial charge in [-0.25, -0.2) is 0 Å². The summed E-state index contributed by atoms with van der Waals surface area (Å²) in [7, 11) is 1.60. The van der Waals surface area contributed by atoms with Gasteiger partial charge in [-0.2, -0.15) is 0 Å². The van der Waals surface area contributed by atoms with Gasteiger partial charge in [-0.1, -0.05) is 0 Å². The van der Waals surface area contributed by atoms with Crippen LogP contribution in [0.25, 0.3) is 0 Å². The molecule has 2 N–H and O–H groups in total. The lowest BCUT2D eigenvalue weighted by atomic mass is 9.76. The van der Waals surface area contributed by atoms with Gasteiger partial charge in [-0.15, -0.1) is 0 Å². The Hall–Kier alpha value is -0.610. The van der Waals surface area contributed by atoms with Crippen molar-refractivity contribution in [3.63, 3.8) is 0 Å². The summed E-state index contributed by atoms with van der Waals surface area (Å²) in [6, 6.07) is 0.0625. The number of carbonyl (C=O) groups is 1. The van der Waals surface area contributed by atoms with Gasteiger partial charge in [0.2, 0.25) is 5.91 Å². The Labute approximate surface area is 78.3 Å². The first-order chi connectivity index (χ1) is 6.03. The topological polar surface area (TPSA) is 58.6 Å². The zero-order chi connectivity index (χ0) is 10.1. The SMILES string of the molecule is COC(C)(C)[C@@H]1C(=O)N[C@@H]1CCO. The van der Waals surface area contributed by atoms with Crippen LogP contribution in [0.4, 0.5) is 0 Å². The number of β-lactam (4-membered cyclic amide) rings is 1. The van der Waals surface area contributed by atoms with Crippen molar-refractivity contribution in [2.24, 2.45) is 5.92 Å². The van der Waals surface area contributed by atoms with E-state index in [0.717, 1.165) is 0 Å². The van der Waals surface area contributed by atoms with Gasteiger partial charge in [0.05, 0.1) is 11.5 Å². The van der Waals surface area contributed by atoms with E-state index in [2.05, 4.69) is 5.32 Å². The molecule has 4 nitrogen and oxygen atoms in total. The first-order valence-corrected chi connectivity index (χ1v) is 4.49. The van der Waals surface area contributed by atoms with E-state index in [1.165, 1.54) is 0 Å². The number of rotatable bonds is 4. The second kappa shape index (κ2) is 3.64. The van der Waals surface area contributed by atoms with Crippen LogP contribution in [0.1, 0.15) is 20.3 Å². The van der Waals surface area contributed by atoms with Crippen molar-refractivity contribution in [3.05, 3.63) is 0 Å². The Morgan fingerprint density at radius 3 is 2.62 bits per heavy atom. The number of nitrogens with one attached hydrogen (secondary N) is 1. The van der Waals surface area contributed by atoms with E-state index < -0.39 is 5.60 Å². The third-order valence-corrected chi connectivity index (χ3v) is 2.73. The van der Waals surface area contributed by atoms with Gasteiger partial charge >= 0.3 is 0 Å². The molecule has 0 radical (unpaired) electrons. The van der Waals surface area contributed by atoms with Crippen molar-refractivity contribution < 1.29 is 14.6 Å². The number of hydrogen-bond acceptors (Lipinski definition) is 3. The highest BCUT2D eigenvalue weighted by molar-refractivity contribution is 5.87. The number of aliphatic hydroxyl groups is 1. The van der Waals surface area contributed by atoms with Crippen molar-refractivity contribution in [1.82, 2.24) is 5.32 Å². The van der Waals surface area contributed by atoms with Gasteiger partial charge in [0, 0.05) is 19.8 Å². The molecular formula is C9H17NO3. The highest BCUT2D eigenvalue weighted by atomic mass is 16.5. The van der Waals surface area contributed by atoms with Crippen molar-refractivity contribution in [2.75, 3.05) is 13.7 Å². The molecule has 0 spiro atoms. The fourth-order valence-electron chi connectivity index (χ4n) is 1.75. The van der Waals surface area contributed by atoms with Gasteiger partial charge in [0.25, 0.3) is 0 Å². The average Bonchev–Trinajstić information content (AvgIpc) is 2.03. The molecule has 0 aromatic carbocycles. The molecule has 76 valence electrons. The van der Waals surface area contributed by atoms with Crippen LogP contribution in [0.2, 0.25) is 0 Å². The number of amides is 1. The van der Waals surface area contributed by atoms with Crippen LogP contribution in [0.3, 0.4) is 0 Å². The fourth-order valence-corrected chi connectivity index (χ4v) is 1.75. The molecule has 1 amide bonds. The van der Waals surface area contributed by atoms with Gasteiger partial charge in [-0.05, 0) is 20.3 Å². The highest BCUT2D eigenvalue weighted by Gasteiger charge is 2.48. The summed E-state index contributed by atoms with van der Waals surface area (Å²) in [6.07, 6.45) is 0.600. The number of ether oxygens (including phenoxy) is 1. The van der Waals surface area contributed by atoms with Crippen molar-refractivity contribution in [2.45, 2.75) is 31.9 Å². The van der Waals surface area contributed by atoms with Gasteiger partial charge in [0.1, 0.15) is 0 Å². The van der Waals surface area contributed by atoms with Crippen LogP contribution in [0, 0.1) is 5.92 Å². The largest absolute Gasteiger partial charge is 0.396 e. The Balaban J connectivity index is 2.61. The van der Waals surface area contributed by atoms with Crippen molar-refractivity contribution in [3.8, 4) is 0 Å². The quantitative estimate of drug-likeness (QED) is 0.605. The Bertz CT molecular complexity index is 203. The fraction of sp³-hybridized carbons (Fsp3) is 0.889. The molecule has 1 rings (SSSR count). The molecule has 0 saturated carbocycles. The predicted molar refractivity (Wildman–Crippen MR) is 48.2 cm³/mol. The van der Waals surface area contributed by atoms with E-state index in [9.17, 15) is 4.79 Å². The van der Waals surface area contributed by atoms with Crippen LogP contribution >= 0.6 is 0 Å². The normalized spacial score (nSPS) is 28.2. The third-order valence-electron chi connectivity index (χ3n) is 2.73. The summed E-state index contributed by atoms with van der Waals surface area (Å²) < 4.78 is 5.25. The predicted octanol–water partition coefficient (Wildman–Crippen LogP) is -0.0916. The summed E-state index contributed by atoms with van der Waals surface area (Å²) in [5.41, 5.74) is -0.442. The van der Waals surface area contributed by atoms with E-state index in [-0.39, 0.29) is 24.5 Å². The Morgan fingerprint density at radius 2 is 2.23 bits per heavy atom. The van der Waals surface area contributed by atoms with Crippen LogP contribution in [0.15, 0.2) is 0 Å². The summed E-state index contributed by atoms with van der Waals surface area (Å²) >= 11 is 0. The van der Waals surface area contributed by atoms with Crippen LogP contribution < -0.4 is 5.32 Å². The maximum atomic E-state index is 11.2. The lowest BCUT2D eigenvalue weighted by molar-refractivity contribution is -0.151. The number of hydrogen-bond donors (Lipinski definition) is 2. The molecule has 13 heavy (non-hydrogen) atoms. The second-order valence-corrected chi connectivity index (χ2v) is 3.91. The monoisotopic (exact) mass is 187 g/mol. The Kier molecular flexibility index (Phi) is 2.93. The van der Waals surface area contributed by atoms with E-state index in [0.29, 0.717) is 6.42 Å². The number of carbonyl (C=O) groups excluding carboxylic acids is 1. The van der Waals surface area contributed by atoms with E-state index >= 15 is 0 Å². The molecule has 0 bridgehead atoms. The van der Waals surface area contributed by atoms with Crippen molar-refractivity contribution in [1.29, 1.82) is 0 Å². The van der Waals surface area contributed by atoms with Crippen LogP contribution in [-0.4, -0.2) is 36.4 Å². The van der Waals surface area contributed by atoms with E-state index in [4.69, 9.17) is 9.84 Å². The van der Waals surface area contributed by atoms with Gasteiger partial charge in [0.15, 0.2) is 0 Å². The van der Waals surface area contributed by atoms with Crippen LogP contribution in [-0.2, 0) is 9.53 Å². The van der Waals surface area contributed by atoms with Gasteiger partial charge in [-0.3, -0.25) is 4.79 Å². The third kappa shape index (κ3) is 1.84. The summed E-state index contributed by atoms with van der Waals surface area (Å²) in [5.74, 6) is -0.116. The molecular weight excluding hydrogens is 170 g/mol. The summed E-state index contributed by atoms with van der Waals surface area (Å²) in [6.45, 7) is 3.88. The minimum Gasteiger partial charge on any atom is -0.396 e. The lowest BCUT2D eigenvalue weighted by Crippen LogP contribution is -2.65. The minimum absolute atomic E-state index is 0.0188. The molecule has 4 heteroatoms. The first kappa shape index (κ1) is 10.5. The van der Waals surface area contributed by atoms with E-state index in [1.807, 2.05) is 13.8 Å². The van der Waals surface area contributed by atoms with Gasteiger partial charge < -0.3 is 15.2 Å².